The summed E-state index contributed by atoms with van der Waals surface area (Å²) in [5.74, 6) is 0.579. The molecule has 0 bridgehead atoms. The lowest BCUT2D eigenvalue weighted by Crippen LogP contribution is -2.51. The van der Waals surface area contributed by atoms with Crippen molar-refractivity contribution in [1.29, 1.82) is 0 Å². The average Bonchev–Trinajstić information content (AvgIpc) is 2.66. The van der Waals surface area contributed by atoms with E-state index in [0.717, 1.165) is 0 Å². The van der Waals surface area contributed by atoms with Crippen LogP contribution in [0.4, 0.5) is 13.2 Å². The zero-order valence-electron chi connectivity index (χ0n) is 18.3. The summed E-state index contributed by atoms with van der Waals surface area (Å²) >= 11 is 0. The number of hydrogen-bond acceptors (Lipinski definition) is 3. The predicted octanol–water partition coefficient (Wildman–Crippen LogP) is 3.76. The van der Waals surface area contributed by atoms with E-state index < -0.39 is 15.5 Å². The molecule has 0 amide bonds. The first-order valence-corrected chi connectivity index (χ1v) is 11.5. The maximum absolute atomic E-state index is 12.7. The van der Waals surface area contributed by atoms with E-state index >= 15 is 0 Å². The molecule has 11 heteroatoms. The highest BCUT2D eigenvalue weighted by molar-refractivity contribution is 14.0. The van der Waals surface area contributed by atoms with E-state index in [1.165, 1.54) is 11.1 Å². The third kappa shape index (κ3) is 7.48. The van der Waals surface area contributed by atoms with Gasteiger partial charge in [-0.15, -0.1) is 24.0 Å². The number of nitrogens with one attached hydrogen (secondary N) is 2. The number of nitrogens with zero attached hydrogens (tertiary/aromatic N) is 2. The molecule has 2 rings (SSSR count). The van der Waals surface area contributed by atoms with Gasteiger partial charge in [-0.25, -0.2) is 8.42 Å². The number of aliphatic imine (C=N–C) groups is 1. The first kappa shape index (κ1) is 28.0. The summed E-state index contributed by atoms with van der Waals surface area (Å²) in [6.07, 6.45) is 0.558. The van der Waals surface area contributed by atoms with Gasteiger partial charge < -0.3 is 10.6 Å². The molecule has 178 valence electrons. The van der Waals surface area contributed by atoms with Crippen LogP contribution in [0.2, 0.25) is 0 Å². The molecule has 1 aliphatic rings. The summed E-state index contributed by atoms with van der Waals surface area (Å²) in [5, 5.41) is 6.39. The number of piperidine rings is 1. The van der Waals surface area contributed by atoms with Crippen LogP contribution >= 0.6 is 24.0 Å². The van der Waals surface area contributed by atoms with Crippen molar-refractivity contribution in [2.45, 2.75) is 57.5 Å². The molecule has 0 spiro atoms. The van der Waals surface area contributed by atoms with Crippen LogP contribution in [0.1, 0.15) is 44.7 Å². The van der Waals surface area contributed by atoms with Crippen molar-refractivity contribution in [2.24, 2.45) is 4.99 Å². The molecule has 0 atom stereocenters. The second-order valence-corrected chi connectivity index (χ2v) is 10.1. The molecule has 0 aromatic heterocycles. The SMILES string of the molecule is CCNC(=NCC(C)(C)c1ccc(C)cc1)NC1CCN(S(=O)(=O)C(F)(F)F)CC1.I. The van der Waals surface area contributed by atoms with E-state index in [1.807, 2.05) is 13.8 Å². The molecule has 2 N–H and O–H groups in total. The number of alkyl halides is 3. The number of benzene rings is 1. The summed E-state index contributed by atoms with van der Waals surface area (Å²) < 4.78 is 61.8. The third-order valence-electron chi connectivity index (χ3n) is 5.24. The number of hydrogen-bond donors (Lipinski definition) is 2. The highest BCUT2D eigenvalue weighted by Crippen LogP contribution is 2.29. The fourth-order valence-electron chi connectivity index (χ4n) is 3.27. The molecule has 0 unspecified atom stereocenters. The van der Waals surface area contributed by atoms with E-state index in [2.05, 4.69) is 53.7 Å². The van der Waals surface area contributed by atoms with E-state index in [-0.39, 0.29) is 61.4 Å². The van der Waals surface area contributed by atoms with Crippen LogP contribution < -0.4 is 10.6 Å². The molecule has 1 fully saturated rings. The van der Waals surface area contributed by atoms with Gasteiger partial charge in [-0.1, -0.05) is 43.7 Å². The van der Waals surface area contributed by atoms with Crippen LogP contribution in [0.25, 0.3) is 0 Å². The highest BCUT2D eigenvalue weighted by atomic mass is 127. The Morgan fingerprint density at radius 2 is 1.71 bits per heavy atom. The van der Waals surface area contributed by atoms with Gasteiger partial charge in [0.15, 0.2) is 5.96 Å². The number of aryl methyl sites for hydroxylation is 1. The fraction of sp³-hybridized carbons (Fsp3) is 0.650. The largest absolute Gasteiger partial charge is 0.511 e. The quantitative estimate of drug-likeness (QED) is 0.308. The molecular formula is C20H32F3IN4O2S. The van der Waals surface area contributed by atoms with Crippen LogP contribution in [0.5, 0.6) is 0 Å². The van der Waals surface area contributed by atoms with Gasteiger partial charge in [0.25, 0.3) is 0 Å². The maximum Gasteiger partial charge on any atom is 0.511 e. The molecular weight excluding hydrogens is 544 g/mol. The molecule has 0 aliphatic carbocycles. The van der Waals surface area contributed by atoms with Crippen molar-refractivity contribution >= 4 is 40.0 Å². The number of guanidine groups is 1. The maximum atomic E-state index is 12.7. The molecule has 1 saturated heterocycles. The van der Waals surface area contributed by atoms with Gasteiger partial charge in [0.2, 0.25) is 0 Å². The second kappa shape index (κ2) is 11.2. The molecule has 0 radical (unpaired) electrons. The smallest absolute Gasteiger partial charge is 0.357 e. The van der Waals surface area contributed by atoms with Gasteiger partial charge in [0, 0.05) is 31.1 Å². The highest BCUT2D eigenvalue weighted by Gasteiger charge is 2.50. The van der Waals surface area contributed by atoms with Crippen molar-refractivity contribution in [1.82, 2.24) is 14.9 Å². The topological polar surface area (TPSA) is 73.8 Å². The Kier molecular flexibility index (Phi) is 10.1. The lowest BCUT2D eigenvalue weighted by Gasteiger charge is -2.33. The van der Waals surface area contributed by atoms with Crippen molar-refractivity contribution in [3.63, 3.8) is 0 Å². The molecule has 0 saturated carbocycles. The Morgan fingerprint density at radius 1 is 1.16 bits per heavy atom. The molecule has 1 aliphatic heterocycles. The molecule has 6 nitrogen and oxygen atoms in total. The Bertz CT molecular complexity index is 835. The van der Waals surface area contributed by atoms with Gasteiger partial charge >= 0.3 is 15.5 Å². The second-order valence-electron chi connectivity index (χ2n) is 8.21. The summed E-state index contributed by atoms with van der Waals surface area (Å²) in [6, 6.07) is 8.15. The van der Waals surface area contributed by atoms with E-state index in [0.29, 0.717) is 23.4 Å². The molecule has 1 heterocycles. The van der Waals surface area contributed by atoms with Gasteiger partial charge in [-0.2, -0.15) is 17.5 Å². The number of halogens is 4. The van der Waals surface area contributed by atoms with Gasteiger partial charge in [-0.05, 0) is 32.3 Å². The van der Waals surface area contributed by atoms with Gasteiger partial charge in [0.05, 0.1) is 6.54 Å². The first-order chi connectivity index (χ1) is 13.9. The average molecular weight is 576 g/mol. The monoisotopic (exact) mass is 576 g/mol. The lowest BCUT2D eigenvalue weighted by molar-refractivity contribution is -0.0494. The molecule has 1 aromatic rings. The minimum absolute atomic E-state index is 0. The van der Waals surface area contributed by atoms with E-state index in [4.69, 9.17) is 0 Å². The normalized spacial score (nSPS) is 17.2. The summed E-state index contributed by atoms with van der Waals surface area (Å²) in [7, 11) is -5.27. The molecule has 31 heavy (non-hydrogen) atoms. The Morgan fingerprint density at radius 3 is 2.19 bits per heavy atom. The van der Waals surface area contributed by atoms with Crippen LogP contribution in [0, 0.1) is 6.92 Å². The van der Waals surface area contributed by atoms with E-state index in [9.17, 15) is 21.6 Å². The third-order valence-corrected chi connectivity index (χ3v) is 6.87. The zero-order chi connectivity index (χ0) is 22.6. The van der Waals surface area contributed by atoms with Crippen molar-refractivity contribution < 1.29 is 21.6 Å². The number of sulfonamides is 1. The van der Waals surface area contributed by atoms with Gasteiger partial charge in [-0.3, -0.25) is 4.99 Å². The van der Waals surface area contributed by atoms with Crippen molar-refractivity contribution in [3.8, 4) is 0 Å². The summed E-state index contributed by atoms with van der Waals surface area (Å²) in [4.78, 5) is 4.67. The van der Waals surface area contributed by atoms with Crippen LogP contribution in [0.3, 0.4) is 0 Å². The first-order valence-electron chi connectivity index (χ1n) is 10.1. The van der Waals surface area contributed by atoms with Crippen LogP contribution in [-0.2, 0) is 15.4 Å². The van der Waals surface area contributed by atoms with Gasteiger partial charge in [0.1, 0.15) is 0 Å². The summed E-state index contributed by atoms with van der Waals surface area (Å²) in [5.41, 5.74) is -3.10. The predicted molar refractivity (Wildman–Crippen MR) is 128 cm³/mol. The standard InChI is InChI=1S/C20H31F3N4O2S.HI/c1-5-24-18(25-14-19(3,4)16-8-6-15(2)7-9-16)26-17-10-12-27(13-11-17)30(28,29)20(21,22)23;/h6-9,17H,5,10-14H2,1-4H3,(H2,24,25,26);1H. The number of rotatable bonds is 6. The fourth-order valence-corrected chi connectivity index (χ4v) is 4.26. The van der Waals surface area contributed by atoms with Crippen LogP contribution in [-0.4, -0.2) is 56.4 Å². The Labute approximate surface area is 200 Å². The minimum atomic E-state index is -5.27. The minimum Gasteiger partial charge on any atom is -0.357 e. The van der Waals surface area contributed by atoms with Crippen molar-refractivity contribution in [3.05, 3.63) is 35.4 Å². The van der Waals surface area contributed by atoms with Crippen molar-refractivity contribution in [2.75, 3.05) is 26.2 Å². The molecule has 1 aromatic carbocycles. The van der Waals surface area contributed by atoms with E-state index in [1.54, 1.807) is 0 Å². The lowest BCUT2D eigenvalue weighted by atomic mass is 9.84. The zero-order valence-corrected chi connectivity index (χ0v) is 21.4. The Hall–Kier alpha value is -1.08. The summed E-state index contributed by atoms with van der Waals surface area (Å²) in [6.45, 7) is 8.98. The van der Waals surface area contributed by atoms with Crippen LogP contribution in [0.15, 0.2) is 29.3 Å². The Balaban J connectivity index is 0.00000480.